The minimum absolute atomic E-state index is 0.386. The van der Waals surface area contributed by atoms with Gasteiger partial charge in [-0.3, -0.25) is 0 Å². The lowest BCUT2D eigenvalue weighted by molar-refractivity contribution is -0.0226. The highest BCUT2D eigenvalue weighted by Crippen LogP contribution is 2.38. The second-order valence-corrected chi connectivity index (χ2v) is 6.43. The molecule has 144 valence electrons. The lowest BCUT2D eigenvalue weighted by Crippen LogP contribution is -2.32. The second kappa shape index (κ2) is 7.61. The topological polar surface area (TPSA) is 139 Å². The number of imidazole rings is 1. The van der Waals surface area contributed by atoms with E-state index in [1.54, 1.807) is 12.5 Å². The van der Waals surface area contributed by atoms with E-state index in [9.17, 15) is 15.3 Å². The highest BCUT2D eigenvalue weighted by atomic mass is 16.6. The Morgan fingerprint density at radius 3 is 2.85 bits per heavy atom. The Morgan fingerprint density at radius 1 is 1.22 bits per heavy atom. The van der Waals surface area contributed by atoms with Crippen molar-refractivity contribution in [1.29, 1.82) is 0 Å². The van der Waals surface area contributed by atoms with Gasteiger partial charge >= 0.3 is 0 Å². The fourth-order valence-electron chi connectivity index (χ4n) is 3.24. The summed E-state index contributed by atoms with van der Waals surface area (Å²) in [7, 11) is 0. The summed E-state index contributed by atoms with van der Waals surface area (Å²) in [6, 6.07) is 0. The SMILES string of the molecule is OC[C@H]1O[C@@H](c2coc3c(NCCCn4ccnc4)ncnc23)[C@H](O)[C@@H]1O. The first-order valence-electron chi connectivity index (χ1n) is 8.73. The highest BCUT2D eigenvalue weighted by molar-refractivity contribution is 5.86. The number of hydrogen-bond donors (Lipinski definition) is 4. The monoisotopic (exact) mass is 375 g/mol. The number of nitrogens with zero attached hydrogens (tertiary/aromatic N) is 4. The van der Waals surface area contributed by atoms with Gasteiger partial charge in [0, 0.05) is 31.0 Å². The van der Waals surface area contributed by atoms with Crippen LogP contribution in [0, 0.1) is 0 Å². The molecule has 1 aliphatic heterocycles. The molecule has 1 fully saturated rings. The number of furan rings is 1. The van der Waals surface area contributed by atoms with E-state index in [1.165, 1.54) is 12.6 Å². The molecule has 0 unspecified atom stereocenters. The van der Waals surface area contributed by atoms with Gasteiger partial charge in [-0.2, -0.15) is 0 Å². The van der Waals surface area contributed by atoms with E-state index in [0.29, 0.717) is 29.0 Å². The van der Waals surface area contributed by atoms with Crippen molar-refractivity contribution in [2.75, 3.05) is 18.5 Å². The van der Waals surface area contributed by atoms with Crippen LogP contribution in [-0.4, -0.2) is 66.3 Å². The van der Waals surface area contributed by atoms with Gasteiger partial charge in [-0.15, -0.1) is 0 Å². The summed E-state index contributed by atoms with van der Waals surface area (Å²) in [5.74, 6) is 0.545. The van der Waals surface area contributed by atoms with Crippen molar-refractivity contribution in [2.24, 2.45) is 0 Å². The molecule has 0 aromatic carbocycles. The molecular weight excluding hydrogens is 354 g/mol. The normalized spacial score (nSPS) is 25.3. The lowest BCUT2D eigenvalue weighted by Gasteiger charge is -2.12. The fourth-order valence-corrected chi connectivity index (χ4v) is 3.24. The van der Waals surface area contributed by atoms with Crippen LogP contribution in [0.4, 0.5) is 5.82 Å². The lowest BCUT2D eigenvalue weighted by atomic mass is 10.0. The smallest absolute Gasteiger partial charge is 0.194 e. The van der Waals surface area contributed by atoms with Gasteiger partial charge in [-0.05, 0) is 6.42 Å². The zero-order valence-corrected chi connectivity index (χ0v) is 14.5. The molecule has 0 amide bonds. The molecule has 0 bridgehead atoms. The van der Waals surface area contributed by atoms with Crippen molar-refractivity contribution >= 4 is 16.9 Å². The van der Waals surface area contributed by atoms with E-state index >= 15 is 0 Å². The van der Waals surface area contributed by atoms with Crippen molar-refractivity contribution in [2.45, 2.75) is 37.4 Å². The number of aliphatic hydroxyl groups excluding tert-OH is 3. The summed E-state index contributed by atoms with van der Waals surface area (Å²) < 4.78 is 13.2. The zero-order valence-electron chi connectivity index (χ0n) is 14.5. The maximum Gasteiger partial charge on any atom is 0.194 e. The molecule has 0 aliphatic carbocycles. The third-order valence-electron chi connectivity index (χ3n) is 4.67. The molecule has 1 aliphatic rings. The average Bonchev–Trinajstić information content (AvgIpc) is 3.40. The molecule has 4 rings (SSSR count). The molecule has 0 radical (unpaired) electrons. The van der Waals surface area contributed by atoms with Crippen LogP contribution in [0.5, 0.6) is 0 Å². The van der Waals surface area contributed by atoms with Crippen LogP contribution in [0.15, 0.2) is 35.7 Å². The number of nitrogens with one attached hydrogen (secondary N) is 1. The van der Waals surface area contributed by atoms with Gasteiger partial charge in [0.2, 0.25) is 0 Å². The highest BCUT2D eigenvalue weighted by Gasteiger charge is 2.44. The van der Waals surface area contributed by atoms with Crippen LogP contribution in [0.1, 0.15) is 18.1 Å². The first-order chi connectivity index (χ1) is 13.2. The molecule has 4 heterocycles. The van der Waals surface area contributed by atoms with Crippen LogP contribution < -0.4 is 5.32 Å². The number of hydrogen-bond acceptors (Lipinski definition) is 9. The standard InChI is InChI=1S/C17H21N5O5/c23-6-11-13(24)14(25)15(27-11)10-7-26-16-12(10)20-8-21-17(16)19-2-1-4-22-5-3-18-9-22/h3,5,7-9,11,13-15,23-25H,1-2,4,6H2,(H,19,20,21)/t11-,13-,14-,15+/m1/s1. The Morgan fingerprint density at radius 2 is 2.11 bits per heavy atom. The van der Waals surface area contributed by atoms with E-state index in [0.717, 1.165) is 13.0 Å². The van der Waals surface area contributed by atoms with Crippen molar-refractivity contribution < 1.29 is 24.5 Å². The Hall–Kier alpha value is -2.53. The van der Waals surface area contributed by atoms with Gasteiger partial charge < -0.3 is 34.4 Å². The second-order valence-electron chi connectivity index (χ2n) is 6.43. The van der Waals surface area contributed by atoms with Gasteiger partial charge in [0.05, 0.1) is 19.2 Å². The number of aliphatic hydroxyl groups is 3. The van der Waals surface area contributed by atoms with Gasteiger partial charge in [0.25, 0.3) is 0 Å². The first-order valence-corrected chi connectivity index (χ1v) is 8.73. The number of aromatic nitrogens is 4. The van der Waals surface area contributed by atoms with Crippen molar-refractivity contribution in [3.63, 3.8) is 0 Å². The third kappa shape index (κ3) is 3.39. The molecule has 1 saturated heterocycles. The Labute approximate surface area is 154 Å². The molecule has 0 saturated carbocycles. The van der Waals surface area contributed by atoms with Gasteiger partial charge in [0.15, 0.2) is 11.4 Å². The van der Waals surface area contributed by atoms with Crippen LogP contribution in [-0.2, 0) is 11.3 Å². The summed E-state index contributed by atoms with van der Waals surface area (Å²) in [6.45, 7) is 1.12. The average molecular weight is 375 g/mol. The molecule has 4 N–H and O–H groups in total. The maximum absolute atomic E-state index is 10.2. The van der Waals surface area contributed by atoms with Crippen molar-refractivity contribution in [3.05, 3.63) is 36.9 Å². The minimum atomic E-state index is -1.18. The van der Waals surface area contributed by atoms with Gasteiger partial charge in [0.1, 0.15) is 36.3 Å². The van der Waals surface area contributed by atoms with Crippen molar-refractivity contribution in [1.82, 2.24) is 19.5 Å². The predicted molar refractivity (Wildman–Crippen MR) is 93.9 cm³/mol. The summed E-state index contributed by atoms with van der Waals surface area (Å²) in [5.41, 5.74) is 1.46. The molecule has 3 aromatic heterocycles. The van der Waals surface area contributed by atoms with E-state index in [2.05, 4.69) is 20.3 Å². The van der Waals surface area contributed by atoms with E-state index < -0.39 is 24.4 Å². The predicted octanol–water partition coefficient (Wildman–Crippen LogP) is 0.0755. The molecular formula is C17H21N5O5. The molecule has 4 atom stereocenters. The molecule has 10 nitrogen and oxygen atoms in total. The van der Waals surface area contributed by atoms with Gasteiger partial charge in [-0.25, -0.2) is 15.0 Å². The number of anilines is 1. The fraction of sp³-hybridized carbons (Fsp3) is 0.471. The largest absolute Gasteiger partial charge is 0.458 e. The van der Waals surface area contributed by atoms with E-state index in [4.69, 9.17) is 9.15 Å². The Balaban J connectivity index is 1.48. The van der Waals surface area contributed by atoms with E-state index in [-0.39, 0.29) is 6.61 Å². The summed E-state index contributed by atoms with van der Waals surface area (Å²) in [5, 5.41) is 32.7. The molecule has 0 spiro atoms. The van der Waals surface area contributed by atoms with Crippen LogP contribution in [0.25, 0.3) is 11.1 Å². The summed E-state index contributed by atoms with van der Waals surface area (Å²) in [6.07, 6.45) is 5.09. The molecule has 3 aromatic rings. The quantitative estimate of drug-likeness (QED) is 0.423. The first kappa shape index (κ1) is 17.9. The Bertz CT molecular complexity index is 883. The number of fused-ring (bicyclic) bond motifs is 1. The molecule has 10 heteroatoms. The van der Waals surface area contributed by atoms with Crippen LogP contribution in [0.3, 0.4) is 0 Å². The van der Waals surface area contributed by atoms with E-state index in [1.807, 2.05) is 10.8 Å². The Kier molecular flexibility index (Phi) is 5.03. The van der Waals surface area contributed by atoms with Crippen LogP contribution in [0.2, 0.25) is 0 Å². The number of rotatable bonds is 7. The van der Waals surface area contributed by atoms with Crippen molar-refractivity contribution in [3.8, 4) is 0 Å². The summed E-state index contributed by atoms with van der Waals surface area (Å²) >= 11 is 0. The number of ether oxygens (including phenoxy) is 1. The zero-order chi connectivity index (χ0) is 18.8. The molecule has 27 heavy (non-hydrogen) atoms. The number of aryl methyl sites for hydroxylation is 1. The van der Waals surface area contributed by atoms with Crippen LogP contribution >= 0.6 is 0 Å². The van der Waals surface area contributed by atoms with Gasteiger partial charge in [-0.1, -0.05) is 0 Å². The third-order valence-corrected chi connectivity index (χ3v) is 4.67. The summed E-state index contributed by atoms with van der Waals surface area (Å²) in [4.78, 5) is 12.5. The minimum Gasteiger partial charge on any atom is -0.458 e. The maximum atomic E-state index is 10.2.